The summed E-state index contributed by atoms with van der Waals surface area (Å²) < 4.78 is 0. The molecule has 23 heavy (non-hydrogen) atoms. The van der Waals surface area contributed by atoms with Crippen molar-refractivity contribution in [2.24, 2.45) is 16.1 Å². The number of allylic oxidation sites excluding steroid dienone is 2. The van der Waals surface area contributed by atoms with Crippen LogP contribution in [0, 0.1) is 19.8 Å². The highest BCUT2D eigenvalue weighted by Crippen LogP contribution is 2.32. The normalized spacial score (nSPS) is 18.0. The number of hydrogen-bond donors (Lipinski definition) is 0. The number of anilines is 1. The first kappa shape index (κ1) is 17.5. The van der Waals surface area contributed by atoms with Crippen molar-refractivity contribution in [3.63, 3.8) is 0 Å². The number of carbonyl (C=O) groups is 1. The summed E-state index contributed by atoms with van der Waals surface area (Å²) >= 11 is 1.43. The lowest BCUT2D eigenvalue weighted by molar-refractivity contribution is -0.115. The van der Waals surface area contributed by atoms with Crippen LogP contribution in [0.1, 0.15) is 31.9 Å². The van der Waals surface area contributed by atoms with Crippen LogP contribution in [-0.4, -0.2) is 23.0 Å². The summed E-state index contributed by atoms with van der Waals surface area (Å²) in [4.78, 5) is 14.0. The fourth-order valence-electron chi connectivity index (χ4n) is 2.55. The predicted octanol–water partition coefficient (Wildman–Crippen LogP) is 4.33. The molecule has 0 atom stereocenters. The second kappa shape index (κ2) is 7.59. The van der Waals surface area contributed by atoms with Gasteiger partial charge in [0, 0.05) is 0 Å². The molecule has 1 heterocycles. The third-order valence-corrected chi connectivity index (χ3v) is 4.34. The Morgan fingerprint density at radius 1 is 1.30 bits per heavy atom. The Kier molecular flexibility index (Phi) is 5.77. The van der Waals surface area contributed by atoms with Crippen LogP contribution in [0.4, 0.5) is 5.69 Å². The molecule has 4 nitrogen and oxygen atoms in total. The lowest BCUT2D eigenvalue weighted by Crippen LogP contribution is -2.30. The summed E-state index contributed by atoms with van der Waals surface area (Å²) in [6.07, 6.45) is 3.86. The van der Waals surface area contributed by atoms with Gasteiger partial charge in [0.1, 0.15) is 0 Å². The average Bonchev–Trinajstić information content (AvgIpc) is 2.80. The summed E-state index contributed by atoms with van der Waals surface area (Å²) in [5.74, 6) is 0.932. The van der Waals surface area contributed by atoms with Gasteiger partial charge in [0.15, 0.2) is 5.17 Å². The van der Waals surface area contributed by atoms with E-state index in [0.29, 0.717) is 16.8 Å². The van der Waals surface area contributed by atoms with Gasteiger partial charge < -0.3 is 0 Å². The van der Waals surface area contributed by atoms with Gasteiger partial charge in [0.2, 0.25) is 5.91 Å². The number of nitrogens with zero attached hydrogens (tertiary/aromatic N) is 3. The van der Waals surface area contributed by atoms with Gasteiger partial charge in [-0.2, -0.15) is 5.10 Å². The standard InChI is InChI=1S/C18H23N3OS/c1-12(2)9-13(3)10-19-20-18-21(16(22)11-23-18)17-14(4)7-6-8-15(17)5/h6-10,12H,11H2,1-5H3/b13-9-,19-10+,20-18-. The van der Waals surface area contributed by atoms with Crippen LogP contribution in [0.25, 0.3) is 0 Å². The van der Waals surface area contributed by atoms with Crippen molar-refractivity contribution in [1.82, 2.24) is 0 Å². The molecule has 0 aromatic heterocycles. The topological polar surface area (TPSA) is 45.0 Å². The molecule has 2 rings (SSSR count). The van der Waals surface area contributed by atoms with Crippen LogP contribution in [0.15, 0.2) is 40.1 Å². The smallest absolute Gasteiger partial charge is 0.243 e. The first-order valence-electron chi connectivity index (χ1n) is 7.71. The molecule has 1 aromatic carbocycles. The second-order valence-corrected chi connectivity index (χ2v) is 6.98. The van der Waals surface area contributed by atoms with Crippen molar-refractivity contribution in [1.29, 1.82) is 0 Å². The molecule has 1 amide bonds. The fraction of sp³-hybridized carbons (Fsp3) is 0.389. The first-order valence-corrected chi connectivity index (χ1v) is 8.70. The maximum atomic E-state index is 12.3. The molecule has 5 heteroatoms. The highest BCUT2D eigenvalue weighted by atomic mass is 32.2. The molecule has 0 aliphatic carbocycles. The van der Waals surface area contributed by atoms with Crippen LogP contribution in [-0.2, 0) is 4.79 Å². The van der Waals surface area contributed by atoms with E-state index in [1.807, 2.05) is 39.0 Å². The molecule has 1 fully saturated rings. The molecule has 122 valence electrons. The van der Waals surface area contributed by atoms with Gasteiger partial charge in [-0.25, -0.2) is 0 Å². The number of carbonyl (C=O) groups excluding carboxylic acids is 1. The van der Waals surface area contributed by atoms with E-state index in [2.05, 4.69) is 30.1 Å². The van der Waals surface area contributed by atoms with E-state index in [-0.39, 0.29) is 5.91 Å². The minimum absolute atomic E-state index is 0.0517. The number of aryl methyl sites for hydroxylation is 2. The largest absolute Gasteiger partial charge is 0.273 e. The predicted molar refractivity (Wildman–Crippen MR) is 100 cm³/mol. The molecular formula is C18H23N3OS. The van der Waals surface area contributed by atoms with Crippen LogP contribution in [0.3, 0.4) is 0 Å². The molecule has 0 bridgehead atoms. The summed E-state index contributed by atoms with van der Waals surface area (Å²) in [5.41, 5.74) is 4.12. The summed E-state index contributed by atoms with van der Waals surface area (Å²) in [6.45, 7) is 10.3. The van der Waals surface area contributed by atoms with Crippen LogP contribution >= 0.6 is 11.8 Å². The molecule has 0 saturated carbocycles. The number of thioether (sulfide) groups is 1. The van der Waals surface area contributed by atoms with E-state index < -0.39 is 0 Å². The molecule has 1 saturated heterocycles. The Morgan fingerprint density at radius 3 is 2.57 bits per heavy atom. The summed E-state index contributed by atoms with van der Waals surface area (Å²) in [5, 5.41) is 9.07. The van der Waals surface area contributed by atoms with Crippen molar-refractivity contribution in [3.05, 3.63) is 41.0 Å². The Hall–Kier alpha value is -1.88. The van der Waals surface area contributed by atoms with E-state index in [4.69, 9.17) is 0 Å². The Bertz CT molecular complexity index is 669. The van der Waals surface area contributed by atoms with Crippen LogP contribution in [0.2, 0.25) is 0 Å². The molecule has 1 aliphatic heterocycles. The fourth-order valence-corrected chi connectivity index (χ4v) is 3.36. The van der Waals surface area contributed by atoms with E-state index in [9.17, 15) is 4.79 Å². The molecule has 1 aromatic rings. The molecule has 1 aliphatic rings. The van der Waals surface area contributed by atoms with Crippen LogP contribution < -0.4 is 4.90 Å². The number of amides is 1. The zero-order chi connectivity index (χ0) is 17.0. The monoisotopic (exact) mass is 329 g/mol. The number of amidine groups is 1. The highest BCUT2D eigenvalue weighted by Gasteiger charge is 2.31. The van der Waals surface area contributed by atoms with Gasteiger partial charge in [0.25, 0.3) is 0 Å². The molecule has 0 N–H and O–H groups in total. The third-order valence-electron chi connectivity index (χ3n) is 3.43. The van der Waals surface area contributed by atoms with Crippen molar-refractivity contribution >= 4 is 34.7 Å². The molecular weight excluding hydrogens is 306 g/mol. The summed E-state index contributed by atoms with van der Waals surface area (Å²) in [6, 6.07) is 6.01. The van der Waals surface area contributed by atoms with E-state index in [0.717, 1.165) is 22.4 Å². The van der Waals surface area contributed by atoms with E-state index >= 15 is 0 Å². The van der Waals surface area contributed by atoms with Crippen molar-refractivity contribution in [2.75, 3.05) is 10.7 Å². The Labute approximate surface area is 142 Å². The quantitative estimate of drug-likeness (QED) is 0.610. The van der Waals surface area contributed by atoms with E-state index in [1.165, 1.54) is 11.8 Å². The van der Waals surface area contributed by atoms with Gasteiger partial charge in [-0.3, -0.25) is 9.69 Å². The number of hydrogen-bond acceptors (Lipinski definition) is 4. The third kappa shape index (κ3) is 4.32. The van der Waals surface area contributed by atoms with Crippen molar-refractivity contribution < 1.29 is 4.79 Å². The lowest BCUT2D eigenvalue weighted by Gasteiger charge is -2.20. The maximum Gasteiger partial charge on any atom is 0.243 e. The van der Waals surface area contributed by atoms with E-state index in [1.54, 1.807) is 11.1 Å². The zero-order valence-electron chi connectivity index (χ0n) is 14.3. The first-order chi connectivity index (χ1) is 10.9. The minimum atomic E-state index is 0.0517. The minimum Gasteiger partial charge on any atom is -0.273 e. The van der Waals surface area contributed by atoms with Crippen molar-refractivity contribution in [2.45, 2.75) is 34.6 Å². The number of benzene rings is 1. The Balaban J connectivity index is 2.30. The zero-order valence-corrected chi connectivity index (χ0v) is 15.1. The number of para-hydroxylation sites is 1. The SMILES string of the molecule is CC(=C/C(C)C)/C=N/N=C1\SCC(=O)N1c1c(C)cccc1C. The second-order valence-electron chi connectivity index (χ2n) is 6.04. The van der Waals surface area contributed by atoms with Gasteiger partial charge >= 0.3 is 0 Å². The van der Waals surface area contributed by atoms with Crippen LogP contribution in [0.5, 0.6) is 0 Å². The molecule has 0 unspecified atom stereocenters. The molecule has 0 radical (unpaired) electrons. The number of rotatable bonds is 4. The van der Waals surface area contributed by atoms with Gasteiger partial charge in [-0.15, -0.1) is 5.10 Å². The summed E-state index contributed by atoms with van der Waals surface area (Å²) in [7, 11) is 0. The maximum absolute atomic E-state index is 12.3. The lowest BCUT2D eigenvalue weighted by atomic mass is 10.1. The average molecular weight is 329 g/mol. The van der Waals surface area contributed by atoms with Crippen molar-refractivity contribution in [3.8, 4) is 0 Å². The van der Waals surface area contributed by atoms with Gasteiger partial charge in [-0.05, 0) is 43.4 Å². The highest BCUT2D eigenvalue weighted by molar-refractivity contribution is 8.15. The van der Waals surface area contributed by atoms with Gasteiger partial charge in [0.05, 0.1) is 17.7 Å². The van der Waals surface area contributed by atoms with Gasteiger partial charge in [-0.1, -0.05) is 49.9 Å². The molecule has 0 spiro atoms. The Morgan fingerprint density at radius 2 is 1.96 bits per heavy atom.